The van der Waals surface area contributed by atoms with Crippen LogP contribution >= 0.6 is 0 Å². The highest BCUT2D eigenvalue weighted by Gasteiger charge is 2.29. The molecule has 1 saturated carbocycles. The summed E-state index contributed by atoms with van der Waals surface area (Å²) in [5.74, 6) is 0.207. The molecule has 1 aliphatic carbocycles. The largest absolute Gasteiger partial charge is 0.457 e. The van der Waals surface area contributed by atoms with Crippen LogP contribution in [0.4, 0.5) is 0 Å². The van der Waals surface area contributed by atoms with Crippen LogP contribution in [0.3, 0.4) is 0 Å². The van der Waals surface area contributed by atoms with E-state index in [1.807, 2.05) is 11.6 Å². The van der Waals surface area contributed by atoms with E-state index in [0.29, 0.717) is 17.7 Å². The Morgan fingerprint density at radius 3 is 2.95 bits per heavy atom. The molecule has 0 bridgehead atoms. The third-order valence-electron chi connectivity index (χ3n) is 4.16. The third kappa shape index (κ3) is 2.92. The summed E-state index contributed by atoms with van der Waals surface area (Å²) < 4.78 is 6.97. The van der Waals surface area contributed by atoms with Crippen molar-refractivity contribution in [3.8, 4) is 0 Å². The van der Waals surface area contributed by atoms with Crippen molar-refractivity contribution in [3.63, 3.8) is 0 Å². The standard InChI is InChI=1S/C15H23N3O2/c1-4-10-20-15(19)14-11(3)18(17-16-14)13-9-7-6-8-12(13)5-2/h4,12-13H,1,5-10H2,2-3H3. The lowest BCUT2D eigenvalue weighted by Gasteiger charge is -2.31. The Kier molecular flexibility index (Phi) is 4.93. The molecule has 0 N–H and O–H groups in total. The summed E-state index contributed by atoms with van der Waals surface area (Å²) in [6.45, 7) is 7.84. The van der Waals surface area contributed by atoms with Crippen LogP contribution in [-0.2, 0) is 4.74 Å². The Labute approximate surface area is 120 Å². The minimum absolute atomic E-state index is 0.201. The van der Waals surface area contributed by atoms with E-state index < -0.39 is 5.97 Å². The minimum atomic E-state index is -0.419. The quantitative estimate of drug-likeness (QED) is 0.613. The van der Waals surface area contributed by atoms with Gasteiger partial charge in [-0.05, 0) is 25.7 Å². The van der Waals surface area contributed by atoms with Crippen LogP contribution in [0.15, 0.2) is 12.7 Å². The number of rotatable bonds is 5. The highest BCUT2D eigenvalue weighted by Crippen LogP contribution is 2.36. The first-order chi connectivity index (χ1) is 9.69. The molecule has 1 aromatic heterocycles. The zero-order valence-electron chi connectivity index (χ0n) is 12.3. The number of aromatic nitrogens is 3. The molecule has 0 aliphatic heterocycles. The molecular formula is C15H23N3O2. The van der Waals surface area contributed by atoms with Gasteiger partial charge in [0.1, 0.15) is 6.61 Å². The average Bonchev–Trinajstić information content (AvgIpc) is 2.86. The van der Waals surface area contributed by atoms with Gasteiger partial charge in [-0.15, -0.1) is 5.10 Å². The zero-order valence-corrected chi connectivity index (χ0v) is 12.3. The van der Waals surface area contributed by atoms with Crippen LogP contribution < -0.4 is 0 Å². The summed E-state index contributed by atoms with van der Waals surface area (Å²) in [5, 5.41) is 8.22. The second kappa shape index (κ2) is 6.68. The van der Waals surface area contributed by atoms with Crippen molar-refractivity contribution in [2.24, 2.45) is 5.92 Å². The fraction of sp³-hybridized carbons (Fsp3) is 0.667. The Morgan fingerprint density at radius 1 is 1.50 bits per heavy atom. The van der Waals surface area contributed by atoms with Crippen molar-refractivity contribution in [2.75, 3.05) is 6.61 Å². The highest BCUT2D eigenvalue weighted by atomic mass is 16.5. The molecule has 2 atom stereocenters. The van der Waals surface area contributed by atoms with Crippen molar-refractivity contribution in [1.82, 2.24) is 15.0 Å². The van der Waals surface area contributed by atoms with Crippen LogP contribution in [0, 0.1) is 12.8 Å². The number of hydrogen-bond acceptors (Lipinski definition) is 4. The minimum Gasteiger partial charge on any atom is -0.457 e. The van der Waals surface area contributed by atoms with E-state index in [0.717, 1.165) is 18.5 Å². The van der Waals surface area contributed by atoms with Gasteiger partial charge in [-0.2, -0.15) is 0 Å². The Morgan fingerprint density at radius 2 is 2.25 bits per heavy atom. The molecule has 0 spiro atoms. The van der Waals surface area contributed by atoms with Crippen molar-refractivity contribution >= 4 is 5.97 Å². The summed E-state index contributed by atoms with van der Waals surface area (Å²) in [4.78, 5) is 11.9. The van der Waals surface area contributed by atoms with Crippen molar-refractivity contribution in [2.45, 2.75) is 52.0 Å². The van der Waals surface area contributed by atoms with Gasteiger partial charge in [0, 0.05) is 0 Å². The van der Waals surface area contributed by atoms with E-state index in [1.54, 1.807) is 6.08 Å². The van der Waals surface area contributed by atoms with E-state index in [2.05, 4.69) is 23.8 Å². The van der Waals surface area contributed by atoms with Gasteiger partial charge in [0.25, 0.3) is 0 Å². The van der Waals surface area contributed by atoms with E-state index in [-0.39, 0.29) is 6.61 Å². The third-order valence-corrected chi connectivity index (χ3v) is 4.16. The lowest BCUT2D eigenvalue weighted by atomic mass is 9.83. The first-order valence-corrected chi connectivity index (χ1v) is 7.38. The molecule has 0 aromatic carbocycles. The van der Waals surface area contributed by atoms with Crippen LogP contribution in [0.5, 0.6) is 0 Å². The van der Waals surface area contributed by atoms with Crippen molar-refractivity contribution in [3.05, 3.63) is 24.0 Å². The highest BCUT2D eigenvalue weighted by molar-refractivity contribution is 5.88. The molecule has 20 heavy (non-hydrogen) atoms. The number of hydrogen-bond donors (Lipinski definition) is 0. The Balaban J connectivity index is 2.19. The maximum atomic E-state index is 11.9. The number of nitrogens with zero attached hydrogens (tertiary/aromatic N) is 3. The van der Waals surface area contributed by atoms with Gasteiger partial charge >= 0.3 is 5.97 Å². The number of ether oxygens (including phenoxy) is 1. The predicted octanol–water partition coefficient (Wildman–Crippen LogP) is 3.07. The van der Waals surface area contributed by atoms with E-state index in [1.165, 1.54) is 19.3 Å². The molecule has 0 radical (unpaired) electrons. The maximum absolute atomic E-state index is 11.9. The van der Waals surface area contributed by atoms with Gasteiger partial charge in [-0.25, -0.2) is 9.48 Å². The summed E-state index contributed by atoms with van der Waals surface area (Å²) >= 11 is 0. The molecule has 2 unspecified atom stereocenters. The Bertz CT molecular complexity index is 481. The first-order valence-electron chi connectivity index (χ1n) is 7.38. The SMILES string of the molecule is C=CCOC(=O)c1nnn(C2CCCCC2CC)c1C. The molecule has 5 nitrogen and oxygen atoms in total. The molecule has 1 heterocycles. The molecule has 1 fully saturated rings. The summed E-state index contributed by atoms with van der Waals surface area (Å²) in [7, 11) is 0. The van der Waals surface area contributed by atoms with E-state index in [9.17, 15) is 4.79 Å². The lowest BCUT2D eigenvalue weighted by molar-refractivity contribution is 0.0541. The lowest BCUT2D eigenvalue weighted by Crippen LogP contribution is -2.24. The van der Waals surface area contributed by atoms with E-state index in [4.69, 9.17) is 4.74 Å². The smallest absolute Gasteiger partial charge is 0.361 e. The molecule has 0 saturated heterocycles. The molecule has 5 heteroatoms. The van der Waals surface area contributed by atoms with Gasteiger partial charge in [0.2, 0.25) is 0 Å². The normalized spacial score (nSPS) is 22.5. The second-order valence-corrected chi connectivity index (χ2v) is 5.38. The maximum Gasteiger partial charge on any atom is 0.361 e. The van der Waals surface area contributed by atoms with Crippen molar-refractivity contribution in [1.29, 1.82) is 0 Å². The molecule has 2 rings (SSSR count). The van der Waals surface area contributed by atoms with Gasteiger partial charge in [0.15, 0.2) is 5.69 Å². The van der Waals surface area contributed by atoms with Crippen LogP contribution in [0.1, 0.15) is 61.3 Å². The molecule has 1 aromatic rings. The van der Waals surface area contributed by atoms with Crippen LogP contribution in [0.2, 0.25) is 0 Å². The molecule has 110 valence electrons. The van der Waals surface area contributed by atoms with Gasteiger partial charge in [-0.3, -0.25) is 0 Å². The second-order valence-electron chi connectivity index (χ2n) is 5.38. The number of esters is 1. The van der Waals surface area contributed by atoms with Gasteiger partial charge in [0.05, 0.1) is 11.7 Å². The first kappa shape index (κ1) is 14.8. The molecule has 0 amide bonds. The monoisotopic (exact) mass is 277 g/mol. The predicted molar refractivity (Wildman–Crippen MR) is 76.5 cm³/mol. The van der Waals surface area contributed by atoms with Crippen molar-refractivity contribution < 1.29 is 9.53 Å². The summed E-state index contributed by atoms with van der Waals surface area (Å²) in [5.41, 5.74) is 1.14. The van der Waals surface area contributed by atoms with Gasteiger partial charge < -0.3 is 4.74 Å². The fourth-order valence-electron chi connectivity index (χ4n) is 3.03. The number of carbonyl (C=O) groups excluding carboxylic acids is 1. The molecule has 1 aliphatic rings. The van der Waals surface area contributed by atoms with Crippen LogP contribution in [0.25, 0.3) is 0 Å². The van der Waals surface area contributed by atoms with Crippen LogP contribution in [-0.4, -0.2) is 27.6 Å². The average molecular weight is 277 g/mol. The molecular weight excluding hydrogens is 254 g/mol. The topological polar surface area (TPSA) is 57.0 Å². The van der Waals surface area contributed by atoms with Gasteiger partial charge in [-0.1, -0.05) is 44.1 Å². The zero-order chi connectivity index (χ0) is 14.5. The Hall–Kier alpha value is -1.65. The summed E-state index contributed by atoms with van der Waals surface area (Å²) in [6.07, 6.45) is 7.54. The fourth-order valence-corrected chi connectivity index (χ4v) is 3.03. The number of carbonyl (C=O) groups is 1. The summed E-state index contributed by atoms with van der Waals surface area (Å²) in [6, 6.07) is 0.363. The van der Waals surface area contributed by atoms with E-state index >= 15 is 0 Å².